The summed E-state index contributed by atoms with van der Waals surface area (Å²) in [7, 11) is 0. The van der Waals surface area contributed by atoms with Gasteiger partial charge in [0.1, 0.15) is 11.6 Å². The van der Waals surface area contributed by atoms with E-state index in [2.05, 4.69) is 10.9 Å². The number of aromatic nitrogens is 1. The fourth-order valence-corrected chi connectivity index (χ4v) is 3.48. The largest absolute Gasteiger partial charge is 0.494 e. The number of amides is 1. The number of benzene rings is 2. The van der Waals surface area contributed by atoms with Crippen molar-refractivity contribution in [3.05, 3.63) is 58.6 Å². The third-order valence-corrected chi connectivity index (χ3v) is 4.56. The molecular weight excluding hydrogens is 339 g/mol. The van der Waals surface area contributed by atoms with Crippen LogP contribution in [0.15, 0.2) is 47.5 Å². The summed E-state index contributed by atoms with van der Waals surface area (Å²) >= 11 is 1.31. The minimum absolute atomic E-state index is 0.0674. The summed E-state index contributed by atoms with van der Waals surface area (Å²) in [6, 6.07) is 11.4. The molecule has 0 atom stereocenters. The van der Waals surface area contributed by atoms with Crippen molar-refractivity contribution in [1.29, 1.82) is 0 Å². The highest BCUT2D eigenvalue weighted by Gasteiger charge is 2.12. The van der Waals surface area contributed by atoms with Gasteiger partial charge in [-0.1, -0.05) is 29.4 Å². The van der Waals surface area contributed by atoms with E-state index in [1.165, 1.54) is 29.5 Å². The molecule has 0 N–H and O–H groups in total. The number of thiazole rings is 1. The van der Waals surface area contributed by atoms with Crippen LogP contribution in [0, 0.1) is 18.2 Å². The fourth-order valence-electron chi connectivity index (χ4n) is 2.42. The lowest BCUT2D eigenvalue weighted by Gasteiger charge is -2.03. The Labute approximate surface area is 148 Å². The van der Waals surface area contributed by atoms with Crippen LogP contribution in [0.4, 0.5) is 4.39 Å². The van der Waals surface area contributed by atoms with Crippen molar-refractivity contribution >= 4 is 27.5 Å². The zero-order valence-electron chi connectivity index (χ0n) is 13.5. The van der Waals surface area contributed by atoms with Gasteiger partial charge < -0.3 is 9.30 Å². The van der Waals surface area contributed by atoms with Crippen LogP contribution < -0.4 is 9.54 Å². The Bertz CT molecular complexity index is 1040. The average Bonchev–Trinajstić information content (AvgIpc) is 2.92. The third-order valence-electron chi connectivity index (χ3n) is 3.52. The van der Waals surface area contributed by atoms with Gasteiger partial charge in [0.25, 0.3) is 5.91 Å². The number of halogens is 1. The Balaban J connectivity index is 2.14. The summed E-state index contributed by atoms with van der Waals surface area (Å²) in [5, 5.41) is 0. The molecule has 6 heteroatoms. The van der Waals surface area contributed by atoms with Crippen molar-refractivity contribution in [1.82, 2.24) is 4.57 Å². The van der Waals surface area contributed by atoms with Crippen molar-refractivity contribution in [3.8, 4) is 18.1 Å². The monoisotopic (exact) mass is 354 g/mol. The molecule has 126 valence electrons. The van der Waals surface area contributed by atoms with Crippen molar-refractivity contribution in [2.24, 2.45) is 4.99 Å². The molecule has 0 fully saturated rings. The predicted octanol–water partition coefficient (Wildman–Crippen LogP) is 3.61. The van der Waals surface area contributed by atoms with Crippen molar-refractivity contribution in [2.75, 3.05) is 6.61 Å². The molecule has 4 nitrogen and oxygen atoms in total. The summed E-state index contributed by atoms with van der Waals surface area (Å²) < 4.78 is 21.9. The molecule has 0 saturated carbocycles. The van der Waals surface area contributed by atoms with Crippen LogP contribution in [0.5, 0.6) is 5.75 Å². The van der Waals surface area contributed by atoms with E-state index in [-0.39, 0.29) is 12.1 Å². The molecule has 1 heterocycles. The summed E-state index contributed by atoms with van der Waals surface area (Å²) in [6.45, 7) is 2.73. The Hall–Kier alpha value is -2.91. The highest BCUT2D eigenvalue weighted by Crippen LogP contribution is 2.23. The molecule has 0 aliphatic heterocycles. The van der Waals surface area contributed by atoms with Gasteiger partial charge in [-0.2, -0.15) is 4.99 Å². The number of terminal acetylenes is 1. The van der Waals surface area contributed by atoms with Gasteiger partial charge >= 0.3 is 0 Å². The molecule has 3 rings (SSSR count). The molecule has 25 heavy (non-hydrogen) atoms. The fraction of sp³-hybridized carbons (Fsp3) is 0.158. The van der Waals surface area contributed by atoms with Crippen LogP contribution in [0.25, 0.3) is 10.2 Å². The normalized spacial score (nSPS) is 11.5. The van der Waals surface area contributed by atoms with Gasteiger partial charge in [-0.15, -0.1) is 6.42 Å². The Morgan fingerprint density at radius 3 is 2.88 bits per heavy atom. The van der Waals surface area contributed by atoms with Crippen LogP contribution >= 0.6 is 11.3 Å². The lowest BCUT2D eigenvalue weighted by atomic mass is 10.2. The van der Waals surface area contributed by atoms with Gasteiger partial charge in [0.05, 0.1) is 28.9 Å². The number of carbonyl (C=O) groups is 1. The summed E-state index contributed by atoms with van der Waals surface area (Å²) in [5.74, 6) is 2.06. The lowest BCUT2D eigenvalue weighted by Crippen LogP contribution is -2.16. The van der Waals surface area contributed by atoms with Crippen molar-refractivity contribution in [3.63, 3.8) is 0 Å². The maximum atomic E-state index is 13.8. The minimum atomic E-state index is -0.638. The zero-order chi connectivity index (χ0) is 17.8. The maximum absolute atomic E-state index is 13.8. The van der Waals surface area contributed by atoms with E-state index in [0.717, 1.165) is 16.0 Å². The standard InChI is InChI=1S/C19H15FN2O2S/c1-3-11-22-16-10-9-13(24-4-2)12-17(16)25-19(22)21-18(23)14-7-5-6-8-15(14)20/h1,5-10,12H,4,11H2,2H3. The second kappa shape index (κ2) is 7.32. The SMILES string of the molecule is C#CCn1c(=NC(=O)c2ccccc2F)sc2cc(OCC)ccc21. The molecule has 0 spiro atoms. The topological polar surface area (TPSA) is 43.6 Å². The Morgan fingerprint density at radius 1 is 1.36 bits per heavy atom. The van der Waals surface area contributed by atoms with E-state index in [0.29, 0.717) is 11.4 Å². The molecule has 0 radical (unpaired) electrons. The van der Waals surface area contributed by atoms with Crippen molar-refractivity contribution < 1.29 is 13.9 Å². The van der Waals surface area contributed by atoms with E-state index >= 15 is 0 Å². The molecule has 0 aliphatic carbocycles. The maximum Gasteiger partial charge on any atom is 0.282 e. The summed E-state index contributed by atoms with van der Waals surface area (Å²) in [6.07, 6.45) is 5.45. The molecule has 1 aromatic heterocycles. The predicted molar refractivity (Wildman–Crippen MR) is 96.1 cm³/mol. The van der Waals surface area contributed by atoms with Crippen LogP contribution in [0.1, 0.15) is 17.3 Å². The van der Waals surface area contributed by atoms with E-state index in [9.17, 15) is 9.18 Å². The molecule has 3 aromatic rings. The molecule has 2 aromatic carbocycles. The highest BCUT2D eigenvalue weighted by molar-refractivity contribution is 7.16. The van der Waals surface area contributed by atoms with Crippen molar-refractivity contribution in [2.45, 2.75) is 13.5 Å². The summed E-state index contributed by atoms with van der Waals surface area (Å²) in [5.41, 5.74) is 0.786. The smallest absolute Gasteiger partial charge is 0.282 e. The van der Waals surface area contributed by atoms with Gasteiger partial charge in [0.15, 0.2) is 4.80 Å². The first-order valence-electron chi connectivity index (χ1n) is 7.67. The molecule has 0 saturated heterocycles. The Morgan fingerprint density at radius 2 is 2.16 bits per heavy atom. The van der Waals surface area contributed by atoms with Crippen LogP contribution in [-0.2, 0) is 6.54 Å². The second-order valence-corrected chi connectivity index (χ2v) is 6.14. The van der Waals surface area contributed by atoms with E-state index in [1.807, 2.05) is 25.1 Å². The molecule has 0 unspecified atom stereocenters. The number of fused-ring (bicyclic) bond motifs is 1. The number of nitrogens with zero attached hydrogens (tertiary/aromatic N) is 2. The van der Waals surface area contributed by atoms with E-state index in [4.69, 9.17) is 11.2 Å². The van der Waals surface area contributed by atoms with E-state index in [1.54, 1.807) is 10.6 Å². The third kappa shape index (κ3) is 3.47. The number of rotatable bonds is 4. The number of hydrogen-bond acceptors (Lipinski definition) is 3. The van der Waals surface area contributed by atoms with Crippen LogP contribution in [0.2, 0.25) is 0 Å². The van der Waals surface area contributed by atoms with Crippen LogP contribution in [0.3, 0.4) is 0 Å². The first-order chi connectivity index (χ1) is 12.1. The first-order valence-corrected chi connectivity index (χ1v) is 8.49. The number of ether oxygens (including phenoxy) is 1. The first kappa shape index (κ1) is 16.9. The number of hydrogen-bond donors (Lipinski definition) is 0. The van der Waals surface area contributed by atoms with Gasteiger partial charge in [0, 0.05) is 0 Å². The van der Waals surface area contributed by atoms with Crippen LogP contribution in [-0.4, -0.2) is 17.1 Å². The zero-order valence-corrected chi connectivity index (χ0v) is 14.3. The Kier molecular flexibility index (Phi) is 4.96. The highest BCUT2D eigenvalue weighted by atomic mass is 32.1. The quantitative estimate of drug-likeness (QED) is 0.672. The summed E-state index contributed by atoms with van der Waals surface area (Å²) in [4.78, 5) is 16.9. The lowest BCUT2D eigenvalue weighted by molar-refractivity contribution is 0.0994. The molecule has 1 amide bonds. The molecular formula is C19H15FN2O2S. The van der Waals surface area contributed by atoms with Gasteiger partial charge in [-0.05, 0) is 37.3 Å². The van der Waals surface area contributed by atoms with Gasteiger partial charge in [-0.3, -0.25) is 4.79 Å². The average molecular weight is 354 g/mol. The number of carbonyl (C=O) groups excluding carboxylic acids is 1. The van der Waals surface area contributed by atoms with Gasteiger partial charge in [-0.25, -0.2) is 4.39 Å². The van der Waals surface area contributed by atoms with E-state index < -0.39 is 11.7 Å². The minimum Gasteiger partial charge on any atom is -0.494 e. The second-order valence-electron chi connectivity index (χ2n) is 5.13. The molecule has 0 aliphatic rings. The van der Waals surface area contributed by atoms with Gasteiger partial charge in [0.2, 0.25) is 0 Å². The molecule has 0 bridgehead atoms.